The van der Waals surface area contributed by atoms with Crippen molar-refractivity contribution in [2.75, 3.05) is 6.54 Å². The van der Waals surface area contributed by atoms with Crippen LogP contribution in [-0.4, -0.2) is 56.2 Å². The first kappa shape index (κ1) is 20.6. The molecule has 2 aromatic rings. The number of rotatable bonds is 4. The Morgan fingerprint density at radius 3 is 2.78 bits per heavy atom. The Morgan fingerprint density at radius 1 is 1.16 bits per heavy atom. The molecule has 1 unspecified atom stereocenters. The molecule has 1 saturated heterocycles. The lowest BCUT2D eigenvalue weighted by molar-refractivity contribution is -0.150. The van der Waals surface area contributed by atoms with Crippen LogP contribution in [0.3, 0.4) is 0 Å². The maximum atomic E-state index is 13.2. The quantitative estimate of drug-likeness (QED) is 0.627. The van der Waals surface area contributed by atoms with Crippen LogP contribution in [0.4, 0.5) is 0 Å². The highest BCUT2D eigenvalue weighted by Gasteiger charge is 2.48. The highest BCUT2D eigenvalue weighted by atomic mass is 79.9. The molecular formula is C21H18BrN5O5. The largest absolute Gasteiger partial charge is 0.357 e. The molecule has 0 saturated carbocycles. The lowest BCUT2D eigenvalue weighted by Gasteiger charge is -2.29. The van der Waals surface area contributed by atoms with Gasteiger partial charge in [0, 0.05) is 28.6 Å². The Labute approximate surface area is 190 Å². The van der Waals surface area contributed by atoms with Gasteiger partial charge in [0.1, 0.15) is 11.7 Å². The number of nitrogens with zero attached hydrogens (tertiary/aromatic N) is 4. The minimum absolute atomic E-state index is 0.0855. The third-order valence-electron chi connectivity index (χ3n) is 5.75. The topological polar surface area (TPSA) is 126 Å². The Hall–Kier alpha value is -3.34. The molecule has 0 radical (unpaired) electrons. The van der Waals surface area contributed by atoms with Crippen molar-refractivity contribution >= 4 is 39.6 Å². The SMILES string of the molecule is O=C1CCC(N2C(=O)C3=C(C2=O)N(Cc2nc(-c4cccc(Br)c4)no2)CCC3)C(=O)N1. The number of hydrogen-bond acceptors (Lipinski definition) is 8. The van der Waals surface area contributed by atoms with E-state index in [1.54, 1.807) is 4.90 Å². The molecule has 5 rings (SSSR count). The van der Waals surface area contributed by atoms with Crippen molar-refractivity contribution in [3.8, 4) is 11.4 Å². The number of nitrogens with one attached hydrogen (secondary N) is 1. The van der Waals surface area contributed by atoms with Gasteiger partial charge in [-0.05, 0) is 31.4 Å². The first-order chi connectivity index (χ1) is 15.4. The van der Waals surface area contributed by atoms with Gasteiger partial charge in [-0.25, -0.2) is 0 Å². The van der Waals surface area contributed by atoms with E-state index in [-0.39, 0.29) is 25.1 Å². The second kappa shape index (κ2) is 7.97. The summed E-state index contributed by atoms with van der Waals surface area (Å²) in [5, 5.41) is 6.23. The van der Waals surface area contributed by atoms with Crippen molar-refractivity contribution in [2.24, 2.45) is 0 Å². The zero-order valence-electron chi connectivity index (χ0n) is 16.8. The number of hydrogen-bond donors (Lipinski definition) is 1. The summed E-state index contributed by atoms with van der Waals surface area (Å²) in [5.41, 5.74) is 1.44. The Bertz CT molecular complexity index is 1190. The summed E-state index contributed by atoms with van der Waals surface area (Å²) in [4.78, 5) is 57.1. The molecule has 1 aromatic heterocycles. The number of carbonyl (C=O) groups excluding carboxylic acids is 4. The molecule has 0 spiro atoms. The maximum absolute atomic E-state index is 13.2. The van der Waals surface area contributed by atoms with Gasteiger partial charge in [0.2, 0.25) is 23.5 Å². The molecule has 1 aromatic carbocycles. The Balaban J connectivity index is 1.38. The fraction of sp³-hybridized carbons (Fsp3) is 0.333. The molecular weight excluding hydrogens is 482 g/mol. The van der Waals surface area contributed by atoms with E-state index in [4.69, 9.17) is 4.52 Å². The number of halogens is 1. The van der Waals surface area contributed by atoms with Crippen molar-refractivity contribution in [3.05, 3.63) is 45.9 Å². The molecule has 32 heavy (non-hydrogen) atoms. The van der Waals surface area contributed by atoms with E-state index in [0.717, 1.165) is 14.9 Å². The molecule has 1 fully saturated rings. The summed E-state index contributed by atoms with van der Waals surface area (Å²) in [6.45, 7) is 0.706. The van der Waals surface area contributed by atoms with Crippen LogP contribution >= 0.6 is 15.9 Å². The van der Waals surface area contributed by atoms with Crippen LogP contribution < -0.4 is 5.32 Å². The van der Waals surface area contributed by atoms with E-state index in [1.807, 2.05) is 24.3 Å². The lowest BCUT2D eigenvalue weighted by atomic mass is 10.0. The molecule has 3 aliphatic heterocycles. The molecule has 3 aliphatic rings. The van der Waals surface area contributed by atoms with Gasteiger partial charge in [0.25, 0.3) is 11.8 Å². The minimum Gasteiger partial charge on any atom is -0.357 e. The molecule has 10 nitrogen and oxygen atoms in total. The predicted octanol–water partition coefficient (Wildman–Crippen LogP) is 1.52. The van der Waals surface area contributed by atoms with Crippen LogP contribution in [0.25, 0.3) is 11.4 Å². The van der Waals surface area contributed by atoms with Gasteiger partial charge < -0.3 is 9.42 Å². The molecule has 0 bridgehead atoms. The standard InChI is InChI=1S/C21H18BrN5O5/c22-12-4-1-3-11(9-12)18-24-16(32-25-18)10-26-8-2-5-13-17(26)21(31)27(20(13)30)14-6-7-15(28)23-19(14)29/h1,3-4,9,14H,2,5-8,10H2,(H,23,28,29). The van der Waals surface area contributed by atoms with E-state index < -0.39 is 29.7 Å². The first-order valence-corrected chi connectivity index (χ1v) is 11.0. The Kier molecular flexibility index (Phi) is 5.12. The van der Waals surface area contributed by atoms with Gasteiger partial charge in [-0.2, -0.15) is 4.98 Å². The van der Waals surface area contributed by atoms with Crippen molar-refractivity contribution in [1.29, 1.82) is 0 Å². The smallest absolute Gasteiger partial charge is 0.278 e. The van der Waals surface area contributed by atoms with Crippen molar-refractivity contribution in [3.63, 3.8) is 0 Å². The number of benzene rings is 1. The fourth-order valence-electron chi connectivity index (χ4n) is 4.29. The number of carbonyl (C=O) groups is 4. The minimum atomic E-state index is -0.980. The highest BCUT2D eigenvalue weighted by Crippen LogP contribution is 2.34. The number of piperidine rings is 1. The van der Waals surface area contributed by atoms with Crippen LogP contribution in [0.5, 0.6) is 0 Å². The average molecular weight is 500 g/mol. The van der Waals surface area contributed by atoms with Gasteiger partial charge in [-0.3, -0.25) is 29.4 Å². The normalized spacial score (nSPS) is 21.3. The van der Waals surface area contributed by atoms with Gasteiger partial charge in [0.05, 0.1) is 6.54 Å². The van der Waals surface area contributed by atoms with Gasteiger partial charge in [-0.1, -0.05) is 33.2 Å². The van der Waals surface area contributed by atoms with E-state index in [2.05, 4.69) is 31.4 Å². The second-order valence-corrected chi connectivity index (χ2v) is 8.74. The van der Waals surface area contributed by atoms with Gasteiger partial charge in [-0.15, -0.1) is 0 Å². The van der Waals surface area contributed by atoms with E-state index in [0.29, 0.717) is 36.7 Å². The number of aromatic nitrogens is 2. The summed E-state index contributed by atoms with van der Waals surface area (Å²) in [6.07, 6.45) is 1.34. The van der Waals surface area contributed by atoms with Gasteiger partial charge in [0.15, 0.2) is 0 Å². The van der Waals surface area contributed by atoms with E-state index >= 15 is 0 Å². The monoisotopic (exact) mass is 499 g/mol. The number of imide groups is 2. The summed E-state index contributed by atoms with van der Waals surface area (Å²) in [6, 6.07) is 6.50. The van der Waals surface area contributed by atoms with E-state index in [9.17, 15) is 19.2 Å². The third-order valence-corrected chi connectivity index (χ3v) is 6.25. The lowest BCUT2D eigenvalue weighted by Crippen LogP contribution is -2.55. The summed E-state index contributed by atoms with van der Waals surface area (Å²) in [7, 11) is 0. The predicted molar refractivity (Wildman–Crippen MR) is 112 cm³/mol. The van der Waals surface area contributed by atoms with E-state index in [1.165, 1.54) is 0 Å². The molecule has 11 heteroatoms. The van der Waals surface area contributed by atoms with Gasteiger partial charge >= 0.3 is 0 Å². The zero-order chi connectivity index (χ0) is 22.4. The fourth-order valence-corrected chi connectivity index (χ4v) is 4.69. The van der Waals surface area contributed by atoms with Crippen LogP contribution in [0.15, 0.2) is 44.5 Å². The number of amides is 4. The van der Waals surface area contributed by atoms with Crippen LogP contribution in [0.1, 0.15) is 31.6 Å². The average Bonchev–Trinajstić information content (AvgIpc) is 3.32. The highest BCUT2D eigenvalue weighted by molar-refractivity contribution is 9.10. The third kappa shape index (κ3) is 3.52. The van der Waals surface area contributed by atoms with Crippen molar-refractivity contribution in [1.82, 2.24) is 25.3 Å². The zero-order valence-corrected chi connectivity index (χ0v) is 18.4. The Morgan fingerprint density at radius 2 is 2.00 bits per heavy atom. The van der Waals surface area contributed by atoms with Crippen molar-refractivity contribution < 1.29 is 23.7 Å². The molecule has 1 N–H and O–H groups in total. The van der Waals surface area contributed by atoms with Crippen LogP contribution in [0, 0.1) is 0 Å². The van der Waals surface area contributed by atoms with Crippen LogP contribution in [-0.2, 0) is 25.7 Å². The molecule has 4 heterocycles. The molecule has 164 valence electrons. The summed E-state index contributed by atoms with van der Waals surface area (Å²) in [5.74, 6) is -1.28. The molecule has 0 aliphatic carbocycles. The first-order valence-electron chi connectivity index (χ1n) is 10.2. The summed E-state index contributed by atoms with van der Waals surface area (Å²) >= 11 is 3.41. The molecule has 1 atom stereocenters. The summed E-state index contributed by atoms with van der Waals surface area (Å²) < 4.78 is 6.28. The maximum Gasteiger partial charge on any atom is 0.278 e. The van der Waals surface area contributed by atoms with Crippen LogP contribution in [0.2, 0.25) is 0 Å². The molecule has 4 amide bonds. The van der Waals surface area contributed by atoms with Crippen molar-refractivity contribution in [2.45, 2.75) is 38.3 Å². The second-order valence-electron chi connectivity index (χ2n) is 7.82.